The van der Waals surface area contributed by atoms with E-state index in [0.717, 1.165) is 25.8 Å². The van der Waals surface area contributed by atoms with Crippen molar-refractivity contribution in [1.82, 2.24) is 0 Å². The molecule has 0 spiro atoms. The standard InChI is InChI=1S/C12H22N2O/c1-2-12(13)8-10-14-9-6-4-3-5-7-11-15/h2,8,10,15H,1,3-7,9,11,13H2/b12-8+,14-10+. The summed E-state index contributed by atoms with van der Waals surface area (Å²) in [5.41, 5.74) is 6.14. The highest BCUT2D eigenvalue weighted by Crippen LogP contribution is 2.02. The lowest BCUT2D eigenvalue weighted by Crippen LogP contribution is -1.92. The van der Waals surface area contributed by atoms with Crippen LogP contribution in [-0.2, 0) is 0 Å². The summed E-state index contributed by atoms with van der Waals surface area (Å²) in [5, 5.41) is 8.56. The van der Waals surface area contributed by atoms with Crippen LogP contribution in [0, 0.1) is 0 Å². The van der Waals surface area contributed by atoms with Gasteiger partial charge in [-0.2, -0.15) is 0 Å². The molecule has 0 unspecified atom stereocenters. The van der Waals surface area contributed by atoms with Gasteiger partial charge in [0.1, 0.15) is 0 Å². The molecule has 0 aliphatic carbocycles. The van der Waals surface area contributed by atoms with Crippen molar-refractivity contribution in [3.8, 4) is 0 Å². The maximum atomic E-state index is 8.56. The zero-order chi connectivity index (χ0) is 11.4. The molecule has 0 fully saturated rings. The fourth-order valence-electron chi connectivity index (χ4n) is 1.13. The van der Waals surface area contributed by atoms with Gasteiger partial charge in [0.15, 0.2) is 0 Å². The minimum atomic E-state index is 0.309. The summed E-state index contributed by atoms with van der Waals surface area (Å²) in [6, 6.07) is 0. The minimum Gasteiger partial charge on any atom is -0.399 e. The van der Waals surface area contributed by atoms with Gasteiger partial charge in [0.25, 0.3) is 0 Å². The van der Waals surface area contributed by atoms with Gasteiger partial charge in [0, 0.05) is 25.1 Å². The molecule has 0 radical (unpaired) electrons. The van der Waals surface area contributed by atoms with E-state index in [0.29, 0.717) is 12.3 Å². The molecule has 3 nitrogen and oxygen atoms in total. The van der Waals surface area contributed by atoms with Crippen molar-refractivity contribution < 1.29 is 5.11 Å². The molecular formula is C12H22N2O. The fourth-order valence-corrected chi connectivity index (χ4v) is 1.13. The predicted octanol–water partition coefficient (Wildman–Crippen LogP) is 2.03. The number of aliphatic hydroxyl groups is 1. The van der Waals surface area contributed by atoms with Gasteiger partial charge in [-0.05, 0) is 25.0 Å². The van der Waals surface area contributed by atoms with Gasteiger partial charge >= 0.3 is 0 Å². The third-order valence-corrected chi connectivity index (χ3v) is 2.05. The quantitative estimate of drug-likeness (QED) is 0.347. The van der Waals surface area contributed by atoms with Crippen LogP contribution in [0.25, 0.3) is 0 Å². The number of nitrogens with two attached hydrogens (primary N) is 1. The Labute approximate surface area is 92.4 Å². The Morgan fingerprint density at radius 2 is 1.87 bits per heavy atom. The number of allylic oxidation sites excluding steroid dienone is 2. The van der Waals surface area contributed by atoms with Crippen molar-refractivity contribution in [2.75, 3.05) is 13.2 Å². The average molecular weight is 210 g/mol. The SMILES string of the molecule is C=C/C(N)=C\C=N\CCCCCCCO. The zero-order valence-corrected chi connectivity index (χ0v) is 9.36. The maximum absolute atomic E-state index is 8.56. The summed E-state index contributed by atoms with van der Waals surface area (Å²) in [4.78, 5) is 4.20. The van der Waals surface area contributed by atoms with E-state index in [2.05, 4.69) is 11.6 Å². The summed E-state index contributed by atoms with van der Waals surface area (Å²) < 4.78 is 0. The van der Waals surface area contributed by atoms with Crippen LogP contribution in [0.15, 0.2) is 29.4 Å². The summed E-state index contributed by atoms with van der Waals surface area (Å²) >= 11 is 0. The largest absolute Gasteiger partial charge is 0.399 e. The third-order valence-electron chi connectivity index (χ3n) is 2.05. The Hall–Kier alpha value is -1.09. The summed E-state index contributed by atoms with van der Waals surface area (Å²) in [6.45, 7) is 4.70. The molecule has 0 bridgehead atoms. The van der Waals surface area contributed by atoms with Gasteiger partial charge in [0.2, 0.25) is 0 Å². The first-order chi connectivity index (χ1) is 7.31. The van der Waals surface area contributed by atoms with Crippen LogP contribution in [-0.4, -0.2) is 24.5 Å². The molecule has 0 aliphatic rings. The number of aliphatic imine (C=N–C) groups is 1. The molecule has 3 heteroatoms. The molecule has 0 atom stereocenters. The predicted molar refractivity (Wildman–Crippen MR) is 66.0 cm³/mol. The second kappa shape index (κ2) is 11.0. The van der Waals surface area contributed by atoms with Crippen molar-refractivity contribution >= 4 is 6.21 Å². The van der Waals surface area contributed by atoms with Crippen LogP contribution < -0.4 is 5.73 Å². The lowest BCUT2D eigenvalue weighted by molar-refractivity contribution is 0.282. The molecule has 0 aromatic rings. The highest BCUT2D eigenvalue weighted by molar-refractivity contribution is 5.72. The first-order valence-electron chi connectivity index (χ1n) is 5.50. The Kier molecular flexibility index (Phi) is 10.2. The smallest absolute Gasteiger partial charge is 0.0431 e. The van der Waals surface area contributed by atoms with Crippen molar-refractivity contribution in [3.63, 3.8) is 0 Å². The minimum absolute atomic E-state index is 0.309. The Bertz CT molecular complexity index is 210. The first kappa shape index (κ1) is 13.9. The van der Waals surface area contributed by atoms with Gasteiger partial charge < -0.3 is 10.8 Å². The topological polar surface area (TPSA) is 58.6 Å². The average Bonchev–Trinajstić information content (AvgIpc) is 2.26. The van der Waals surface area contributed by atoms with Crippen LogP contribution in [0.3, 0.4) is 0 Å². The molecule has 0 rings (SSSR count). The number of hydrogen-bond donors (Lipinski definition) is 2. The summed E-state index contributed by atoms with van der Waals surface area (Å²) in [5.74, 6) is 0. The molecule has 0 aliphatic heterocycles. The summed E-state index contributed by atoms with van der Waals surface area (Å²) in [6.07, 6.45) is 10.6. The fraction of sp³-hybridized carbons (Fsp3) is 0.583. The molecular weight excluding hydrogens is 188 g/mol. The van der Waals surface area contributed by atoms with Gasteiger partial charge in [-0.15, -0.1) is 0 Å². The van der Waals surface area contributed by atoms with Crippen molar-refractivity contribution in [3.05, 3.63) is 24.4 Å². The molecule has 0 amide bonds. The van der Waals surface area contributed by atoms with Gasteiger partial charge in [-0.3, -0.25) is 4.99 Å². The molecule has 0 heterocycles. The van der Waals surface area contributed by atoms with E-state index >= 15 is 0 Å². The van der Waals surface area contributed by atoms with E-state index in [1.54, 1.807) is 18.4 Å². The second-order valence-electron chi connectivity index (χ2n) is 3.42. The van der Waals surface area contributed by atoms with Gasteiger partial charge in [0.05, 0.1) is 0 Å². The highest BCUT2D eigenvalue weighted by Gasteiger charge is 1.88. The van der Waals surface area contributed by atoms with Crippen LogP contribution in [0.5, 0.6) is 0 Å². The monoisotopic (exact) mass is 210 g/mol. The highest BCUT2D eigenvalue weighted by atomic mass is 16.2. The maximum Gasteiger partial charge on any atom is 0.0431 e. The van der Waals surface area contributed by atoms with Gasteiger partial charge in [-0.25, -0.2) is 0 Å². The van der Waals surface area contributed by atoms with Crippen molar-refractivity contribution in [2.45, 2.75) is 32.1 Å². The first-order valence-corrected chi connectivity index (χ1v) is 5.50. The summed E-state index contributed by atoms with van der Waals surface area (Å²) in [7, 11) is 0. The van der Waals surface area contributed by atoms with Crippen LogP contribution in [0.4, 0.5) is 0 Å². The molecule has 0 aromatic heterocycles. The van der Waals surface area contributed by atoms with Crippen LogP contribution >= 0.6 is 0 Å². The number of aliphatic hydroxyl groups excluding tert-OH is 1. The number of rotatable bonds is 9. The van der Waals surface area contributed by atoms with E-state index in [9.17, 15) is 0 Å². The van der Waals surface area contributed by atoms with E-state index in [4.69, 9.17) is 10.8 Å². The third kappa shape index (κ3) is 10.8. The Balaban J connectivity index is 3.27. The van der Waals surface area contributed by atoms with Crippen molar-refractivity contribution in [1.29, 1.82) is 0 Å². The molecule has 0 saturated carbocycles. The Morgan fingerprint density at radius 3 is 2.53 bits per heavy atom. The molecule has 0 saturated heterocycles. The lowest BCUT2D eigenvalue weighted by Gasteiger charge is -1.96. The van der Waals surface area contributed by atoms with E-state index in [1.165, 1.54) is 12.8 Å². The van der Waals surface area contributed by atoms with Crippen LogP contribution in [0.2, 0.25) is 0 Å². The second-order valence-corrected chi connectivity index (χ2v) is 3.42. The van der Waals surface area contributed by atoms with Crippen LogP contribution in [0.1, 0.15) is 32.1 Å². The molecule has 15 heavy (non-hydrogen) atoms. The van der Waals surface area contributed by atoms with Gasteiger partial charge in [-0.1, -0.05) is 25.8 Å². The van der Waals surface area contributed by atoms with E-state index in [1.807, 2.05) is 0 Å². The molecule has 3 N–H and O–H groups in total. The zero-order valence-electron chi connectivity index (χ0n) is 9.36. The molecule has 0 aromatic carbocycles. The molecule has 86 valence electrons. The van der Waals surface area contributed by atoms with E-state index in [-0.39, 0.29) is 0 Å². The normalized spacial score (nSPS) is 12.2. The Morgan fingerprint density at radius 1 is 1.20 bits per heavy atom. The number of nitrogens with zero attached hydrogens (tertiary/aromatic N) is 1. The van der Waals surface area contributed by atoms with Crippen molar-refractivity contribution in [2.24, 2.45) is 10.7 Å². The van der Waals surface area contributed by atoms with E-state index < -0.39 is 0 Å². The number of hydrogen-bond acceptors (Lipinski definition) is 3. The lowest BCUT2D eigenvalue weighted by atomic mass is 10.1. The number of unbranched alkanes of at least 4 members (excludes halogenated alkanes) is 4.